The summed E-state index contributed by atoms with van der Waals surface area (Å²) in [7, 11) is 1.88. The number of nitrogens with zero attached hydrogens (tertiary/aromatic N) is 2. The van der Waals surface area contributed by atoms with Crippen LogP contribution in [0.1, 0.15) is 29.9 Å². The van der Waals surface area contributed by atoms with E-state index in [0.717, 1.165) is 17.7 Å². The summed E-state index contributed by atoms with van der Waals surface area (Å²) in [5.74, 6) is 0.0179. The second-order valence-corrected chi connectivity index (χ2v) is 6.52. The second-order valence-electron chi connectivity index (χ2n) is 6.52. The van der Waals surface area contributed by atoms with Crippen LogP contribution >= 0.6 is 12.4 Å². The van der Waals surface area contributed by atoms with E-state index in [1.54, 1.807) is 16.8 Å². The molecule has 2 aromatic rings. The Balaban J connectivity index is 0.00000225. The highest BCUT2D eigenvalue weighted by molar-refractivity contribution is 5.85. The zero-order chi connectivity index (χ0) is 17.1. The first kappa shape index (κ1) is 19.4. The maximum Gasteiger partial charge on any atom is 0.225 e. The lowest BCUT2D eigenvalue weighted by molar-refractivity contribution is -0.124. The minimum Gasteiger partial charge on any atom is -0.355 e. The van der Waals surface area contributed by atoms with Gasteiger partial charge in [0, 0.05) is 38.8 Å². The van der Waals surface area contributed by atoms with E-state index >= 15 is 0 Å². The molecule has 0 saturated carbocycles. The van der Waals surface area contributed by atoms with Gasteiger partial charge in [-0.05, 0) is 29.2 Å². The monoisotopic (exact) mass is 366 g/mol. The van der Waals surface area contributed by atoms with E-state index < -0.39 is 0 Å². The Bertz CT molecular complexity index is 703. The van der Waals surface area contributed by atoms with Crippen LogP contribution in [0.25, 0.3) is 0 Å². The molecule has 1 fully saturated rings. The highest BCUT2D eigenvalue weighted by Gasteiger charge is 2.34. The minimum atomic E-state index is -0.244. The first-order valence-electron chi connectivity index (χ1n) is 8.27. The van der Waals surface area contributed by atoms with Crippen molar-refractivity contribution in [3.63, 3.8) is 0 Å². The van der Waals surface area contributed by atoms with Gasteiger partial charge in [-0.2, -0.15) is 5.10 Å². The van der Waals surface area contributed by atoms with E-state index in [-0.39, 0.29) is 41.9 Å². The van der Waals surface area contributed by atoms with E-state index in [4.69, 9.17) is 0 Å². The molecule has 1 aromatic carbocycles. The van der Waals surface area contributed by atoms with Crippen molar-refractivity contribution in [1.82, 2.24) is 20.4 Å². The Morgan fingerprint density at radius 1 is 1.40 bits per heavy atom. The first-order valence-corrected chi connectivity index (χ1v) is 8.27. The molecule has 0 radical (unpaired) electrons. The zero-order valence-corrected chi connectivity index (χ0v) is 15.2. The molecule has 3 atom stereocenters. The van der Waals surface area contributed by atoms with E-state index in [1.807, 2.05) is 26.4 Å². The van der Waals surface area contributed by atoms with Gasteiger partial charge in [-0.25, -0.2) is 4.39 Å². The van der Waals surface area contributed by atoms with Crippen LogP contribution in [0, 0.1) is 11.7 Å². The van der Waals surface area contributed by atoms with Crippen LogP contribution in [-0.2, 0) is 11.8 Å². The Morgan fingerprint density at radius 3 is 2.76 bits per heavy atom. The predicted molar refractivity (Wildman–Crippen MR) is 97.4 cm³/mol. The van der Waals surface area contributed by atoms with Crippen LogP contribution < -0.4 is 10.6 Å². The molecule has 25 heavy (non-hydrogen) atoms. The average Bonchev–Trinajstić information content (AvgIpc) is 3.21. The summed E-state index contributed by atoms with van der Waals surface area (Å²) in [6.07, 6.45) is 3.80. The van der Waals surface area contributed by atoms with Gasteiger partial charge in [0.1, 0.15) is 5.82 Å². The highest BCUT2D eigenvalue weighted by Crippen LogP contribution is 2.28. The minimum absolute atomic E-state index is 0. The average molecular weight is 367 g/mol. The number of carbonyl (C=O) groups excluding carboxylic acids is 1. The molecule has 0 aliphatic carbocycles. The summed E-state index contributed by atoms with van der Waals surface area (Å²) in [6, 6.07) is 6.43. The van der Waals surface area contributed by atoms with E-state index in [2.05, 4.69) is 15.7 Å². The van der Waals surface area contributed by atoms with Crippen LogP contribution in [0.15, 0.2) is 36.7 Å². The van der Waals surface area contributed by atoms with Gasteiger partial charge in [-0.1, -0.05) is 19.1 Å². The van der Waals surface area contributed by atoms with Gasteiger partial charge < -0.3 is 10.6 Å². The summed E-state index contributed by atoms with van der Waals surface area (Å²) < 4.78 is 14.8. The number of aromatic nitrogens is 2. The van der Waals surface area contributed by atoms with Crippen LogP contribution in [0.4, 0.5) is 4.39 Å². The quantitative estimate of drug-likeness (QED) is 0.853. The summed E-state index contributed by atoms with van der Waals surface area (Å²) in [6.45, 7) is 4.04. The third kappa shape index (κ3) is 4.58. The first-order chi connectivity index (χ1) is 11.5. The lowest BCUT2D eigenvalue weighted by atomic mass is 9.90. The Hall–Kier alpha value is -1.92. The third-order valence-corrected chi connectivity index (χ3v) is 4.73. The van der Waals surface area contributed by atoms with E-state index in [9.17, 15) is 9.18 Å². The van der Waals surface area contributed by atoms with Crippen molar-refractivity contribution >= 4 is 18.3 Å². The number of benzene rings is 1. The molecule has 1 unspecified atom stereocenters. The van der Waals surface area contributed by atoms with Gasteiger partial charge in [-0.15, -0.1) is 12.4 Å². The zero-order valence-electron chi connectivity index (χ0n) is 14.4. The molecule has 1 amide bonds. The van der Waals surface area contributed by atoms with E-state index in [0.29, 0.717) is 13.1 Å². The summed E-state index contributed by atoms with van der Waals surface area (Å²) in [5, 5.41) is 10.5. The maximum atomic E-state index is 13.0. The number of amides is 1. The molecular formula is C18H24ClFN4O. The Morgan fingerprint density at radius 2 is 2.12 bits per heavy atom. The van der Waals surface area contributed by atoms with Gasteiger partial charge >= 0.3 is 0 Å². The number of rotatable bonds is 5. The van der Waals surface area contributed by atoms with Crippen molar-refractivity contribution in [2.75, 3.05) is 19.6 Å². The molecular weight excluding hydrogens is 343 g/mol. The van der Waals surface area contributed by atoms with Gasteiger partial charge in [0.05, 0.1) is 12.1 Å². The topological polar surface area (TPSA) is 59.0 Å². The third-order valence-electron chi connectivity index (χ3n) is 4.73. The number of aryl methyl sites for hydroxylation is 1. The van der Waals surface area contributed by atoms with Crippen molar-refractivity contribution in [3.05, 3.63) is 53.6 Å². The standard InChI is InChI=1S/C18H23FN4O.ClH/c1-12(13-3-5-15(19)6-4-13)7-21-18(24)17-10-20-9-16(17)14-8-22-23(2)11-14;/h3-6,8,11-12,16-17,20H,7,9-10H2,1-2H3,(H,21,24);1H/t12?,16-,17+;/m1./s1. The molecule has 5 nitrogen and oxygen atoms in total. The van der Waals surface area contributed by atoms with E-state index in [1.165, 1.54) is 12.1 Å². The SMILES string of the molecule is CC(CNC(=O)[C@H]1CNC[C@@H]1c1cnn(C)c1)c1ccc(F)cc1.Cl. The molecule has 1 saturated heterocycles. The number of halogens is 2. The summed E-state index contributed by atoms with van der Waals surface area (Å²) in [5.41, 5.74) is 2.11. The Labute approximate surface area is 153 Å². The molecule has 136 valence electrons. The predicted octanol–water partition coefficient (Wildman–Crippen LogP) is 2.20. The normalized spacial score (nSPS) is 20.8. The number of carbonyl (C=O) groups is 1. The second kappa shape index (κ2) is 8.45. The summed E-state index contributed by atoms with van der Waals surface area (Å²) in [4.78, 5) is 12.6. The lowest BCUT2D eigenvalue weighted by Crippen LogP contribution is -2.36. The number of nitrogens with one attached hydrogen (secondary N) is 2. The van der Waals surface area contributed by atoms with Gasteiger partial charge in [0.15, 0.2) is 0 Å². The summed E-state index contributed by atoms with van der Waals surface area (Å²) >= 11 is 0. The van der Waals surface area contributed by atoms with Crippen molar-refractivity contribution in [3.8, 4) is 0 Å². The molecule has 2 heterocycles. The fourth-order valence-electron chi connectivity index (χ4n) is 3.23. The van der Waals surface area contributed by atoms with Crippen molar-refractivity contribution in [1.29, 1.82) is 0 Å². The smallest absolute Gasteiger partial charge is 0.225 e. The van der Waals surface area contributed by atoms with Gasteiger partial charge in [0.25, 0.3) is 0 Å². The number of hydrogen-bond donors (Lipinski definition) is 2. The molecule has 0 bridgehead atoms. The maximum absolute atomic E-state index is 13.0. The molecule has 1 aliphatic heterocycles. The van der Waals surface area contributed by atoms with Crippen LogP contribution in [0.3, 0.4) is 0 Å². The molecule has 2 N–H and O–H groups in total. The van der Waals surface area contributed by atoms with Crippen LogP contribution in [0.2, 0.25) is 0 Å². The van der Waals surface area contributed by atoms with Crippen molar-refractivity contribution < 1.29 is 9.18 Å². The molecule has 3 rings (SSSR count). The lowest BCUT2D eigenvalue weighted by Gasteiger charge is -2.19. The fourth-order valence-corrected chi connectivity index (χ4v) is 3.23. The largest absolute Gasteiger partial charge is 0.355 e. The molecule has 7 heteroatoms. The van der Waals surface area contributed by atoms with Gasteiger partial charge in [0.2, 0.25) is 5.91 Å². The highest BCUT2D eigenvalue weighted by atomic mass is 35.5. The number of hydrogen-bond acceptors (Lipinski definition) is 3. The Kier molecular flexibility index (Phi) is 6.56. The van der Waals surface area contributed by atoms with Crippen molar-refractivity contribution in [2.24, 2.45) is 13.0 Å². The fraction of sp³-hybridized carbons (Fsp3) is 0.444. The molecule has 0 spiro atoms. The van der Waals surface area contributed by atoms with Crippen LogP contribution in [0.5, 0.6) is 0 Å². The molecule has 1 aliphatic rings. The van der Waals surface area contributed by atoms with Crippen LogP contribution in [-0.4, -0.2) is 35.3 Å². The molecule has 1 aromatic heterocycles. The van der Waals surface area contributed by atoms with Crippen molar-refractivity contribution in [2.45, 2.75) is 18.8 Å². The van der Waals surface area contributed by atoms with Gasteiger partial charge in [-0.3, -0.25) is 9.48 Å².